The predicted molar refractivity (Wildman–Crippen MR) is 53.0 cm³/mol. The molecule has 1 nitrogen and oxygen atoms in total. The van der Waals surface area contributed by atoms with Gasteiger partial charge in [0.1, 0.15) is 0 Å². The van der Waals surface area contributed by atoms with Crippen LogP contribution in [0.2, 0.25) is 10.0 Å². The molecule has 1 aromatic heterocycles. The lowest BCUT2D eigenvalue weighted by Crippen LogP contribution is -2.12. The van der Waals surface area contributed by atoms with Crippen molar-refractivity contribution in [2.24, 2.45) is 0 Å². The van der Waals surface area contributed by atoms with Gasteiger partial charge in [0, 0.05) is 12.4 Å². The molecule has 0 aliphatic carbocycles. The van der Waals surface area contributed by atoms with Crippen LogP contribution < -0.4 is 0 Å². The number of pyridine rings is 1. The molecular weight excluding hydrogens is 193 g/mol. The number of hydrogen-bond acceptors (Lipinski definition) is 1. The van der Waals surface area contributed by atoms with Crippen LogP contribution in [0.25, 0.3) is 0 Å². The van der Waals surface area contributed by atoms with Crippen molar-refractivity contribution >= 4 is 23.2 Å². The van der Waals surface area contributed by atoms with Gasteiger partial charge >= 0.3 is 0 Å². The van der Waals surface area contributed by atoms with E-state index in [4.69, 9.17) is 23.2 Å². The maximum Gasteiger partial charge on any atom is 0.0641 e. The Kier molecular flexibility index (Phi) is 2.64. The molecule has 3 heteroatoms. The summed E-state index contributed by atoms with van der Waals surface area (Å²) in [5.74, 6) is 0. The highest BCUT2D eigenvalue weighted by molar-refractivity contribution is 6.35. The maximum absolute atomic E-state index is 5.97. The van der Waals surface area contributed by atoms with Crippen molar-refractivity contribution in [3.05, 3.63) is 28.0 Å². The lowest BCUT2D eigenvalue weighted by atomic mass is 9.88. The molecule has 1 aromatic rings. The first kappa shape index (κ1) is 9.82. The third kappa shape index (κ3) is 1.90. The molecule has 0 aliphatic rings. The van der Waals surface area contributed by atoms with Gasteiger partial charge in [-0.15, -0.1) is 0 Å². The lowest BCUT2D eigenvalue weighted by Gasteiger charge is -2.21. The minimum Gasteiger partial charge on any atom is -0.262 e. The lowest BCUT2D eigenvalue weighted by molar-refractivity contribution is 0.590. The number of rotatable bonds is 0. The van der Waals surface area contributed by atoms with Crippen molar-refractivity contribution < 1.29 is 0 Å². The zero-order valence-corrected chi connectivity index (χ0v) is 8.87. The van der Waals surface area contributed by atoms with Crippen LogP contribution in [0.1, 0.15) is 26.3 Å². The van der Waals surface area contributed by atoms with Crippen LogP contribution in [0.3, 0.4) is 0 Å². The van der Waals surface area contributed by atoms with Gasteiger partial charge in [0.05, 0.1) is 10.0 Å². The fraction of sp³-hybridized carbons (Fsp3) is 0.444. The molecule has 66 valence electrons. The Morgan fingerprint density at radius 3 is 1.75 bits per heavy atom. The van der Waals surface area contributed by atoms with Gasteiger partial charge in [0.25, 0.3) is 0 Å². The molecule has 0 aliphatic heterocycles. The molecule has 0 unspecified atom stereocenters. The molecule has 0 saturated heterocycles. The minimum absolute atomic E-state index is 0.0306. The smallest absolute Gasteiger partial charge is 0.0641 e. The highest BCUT2D eigenvalue weighted by Crippen LogP contribution is 2.34. The van der Waals surface area contributed by atoms with Crippen LogP contribution in [0.5, 0.6) is 0 Å². The molecule has 0 bridgehead atoms. The summed E-state index contributed by atoms with van der Waals surface area (Å²) in [6.45, 7) is 6.21. The normalized spacial score (nSPS) is 11.8. The Bertz CT molecular complexity index is 269. The monoisotopic (exact) mass is 203 g/mol. The SMILES string of the molecule is CC(C)(C)c1c(Cl)cncc1Cl. The second-order valence-corrected chi connectivity index (χ2v) is 4.54. The Balaban J connectivity index is 3.31. The van der Waals surface area contributed by atoms with Gasteiger partial charge in [-0.25, -0.2) is 0 Å². The Hall–Kier alpha value is -0.270. The standard InChI is InChI=1S/C9H11Cl2N/c1-9(2,3)8-6(10)4-12-5-7(8)11/h4-5H,1-3H3. The van der Waals surface area contributed by atoms with Gasteiger partial charge in [0.2, 0.25) is 0 Å². The summed E-state index contributed by atoms with van der Waals surface area (Å²) in [5.41, 5.74) is 0.928. The summed E-state index contributed by atoms with van der Waals surface area (Å²) in [7, 11) is 0. The van der Waals surface area contributed by atoms with E-state index in [0.29, 0.717) is 10.0 Å². The quantitative estimate of drug-likeness (QED) is 0.628. The average molecular weight is 204 g/mol. The van der Waals surface area contributed by atoms with E-state index in [1.807, 2.05) is 0 Å². The molecule has 12 heavy (non-hydrogen) atoms. The van der Waals surface area contributed by atoms with E-state index in [1.54, 1.807) is 12.4 Å². The first-order valence-corrected chi connectivity index (χ1v) is 4.48. The summed E-state index contributed by atoms with van der Waals surface area (Å²) in [6.07, 6.45) is 3.24. The molecule has 1 heterocycles. The second kappa shape index (κ2) is 3.23. The van der Waals surface area contributed by atoms with Crippen molar-refractivity contribution in [2.45, 2.75) is 26.2 Å². The second-order valence-electron chi connectivity index (χ2n) is 3.73. The predicted octanol–water partition coefficient (Wildman–Crippen LogP) is 3.69. The zero-order valence-electron chi connectivity index (χ0n) is 7.36. The van der Waals surface area contributed by atoms with E-state index in [1.165, 1.54) is 0 Å². The van der Waals surface area contributed by atoms with E-state index in [-0.39, 0.29) is 5.41 Å². The molecule has 0 amide bonds. The summed E-state index contributed by atoms with van der Waals surface area (Å²) < 4.78 is 0. The highest BCUT2D eigenvalue weighted by atomic mass is 35.5. The van der Waals surface area contributed by atoms with Crippen LogP contribution in [0.15, 0.2) is 12.4 Å². The minimum atomic E-state index is -0.0306. The van der Waals surface area contributed by atoms with Gasteiger partial charge < -0.3 is 0 Å². The Labute approximate surface area is 82.7 Å². The number of hydrogen-bond donors (Lipinski definition) is 0. The molecular formula is C9H11Cl2N. The molecule has 0 aromatic carbocycles. The van der Waals surface area contributed by atoms with Crippen LogP contribution in [0.4, 0.5) is 0 Å². The average Bonchev–Trinajstić information content (AvgIpc) is 1.82. The van der Waals surface area contributed by atoms with E-state index in [9.17, 15) is 0 Å². The fourth-order valence-electron chi connectivity index (χ4n) is 1.13. The number of aromatic nitrogens is 1. The van der Waals surface area contributed by atoms with Crippen LogP contribution in [0, 0.1) is 0 Å². The maximum atomic E-state index is 5.97. The molecule has 0 spiro atoms. The van der Waals surface area contributed by atoms with Crippen LogP contribution in [-0.4, -0.2) is 4.98 Å². The molecule has 0 saturated carbocycles. The first-order valence-electron chi connectivity index (χ1n) is 3.72. The van der Waals surface area contributed by atoms with Crippen molar-refractivity contribution in [1.82, 2.24) is 4.98 Å². The molecule has 0 fully saturated rings. The van der Waals surface area contributed by atoms with Crippen LogP contribution >= 0.6 is 23.2 Å². The molecule has 0 radical (unpaired) electrons. The summed E-state index contributed by atoms with van der Waals surface area (Å²) in [5, 5.41) is 1.27. The molecule has 0 N–H and O–H groups in total. The zero-order chi connectivity index (χ0) is 9.35. The van der Waals surface area contributed by atoms with Crippen molar-refractivity contribution in [3.8, 4) is 0 Å². The van der Waals surface area contributed by atoms with E-state index in [0.717, 1.165) is 5.56 Å². The number of halogens is 2. The van der Waals surface area contributed by atoms with E-state index < -0.39 is 0 Å². The van der Waals surface area contributed by atoms with Crippen molar-refractivity contribution in [2.75, 3.05) is 0 Å². The van der Waals surface area contributed by atoms with Gasteiger partial charge in [-0.3, -0.25) is 4.98 Å². The topological polar surface area (TPSA) is 12.9 Å². The van der Waals surface area contributed by atoms with E-state index in [2.05, 4.69) is 25.8 Å². The Morgan fingerprint density at radius 1 is 1.08 bits per heavy atom. The van der Waals surface area contributed by atoms with Crippen LogP contribution in [-0.2, 0) is 5.41 Å². The first-order chi connectivity index (χ1) is 5.43. The van der Waals surface area contributed by atoms with Gasteiger partial charge in [-0.2, -0.15) is 0 Å². The fourth-order valence-corrected chi connectivity index (χ4v) is 2.06. The molecule has 1 rings (SSSR count). The third-order valence-corrected chi connectivity index (χ3v) is 2.18. The van der Waals surface area contributed by atoms with Gasteiger partial charge in [-0.05, 0) is 11.0 Å². The number of nitrogens with zero attached hydrogens (tertiary/aromatic N) is 1. The van der Waals surface area contributed by atoms with Crippen molar-refractivity contribution in [1.29, 1.82) is 0 Å². The van der Waals surface area contributed by atoms with Gasteiger partial charge in [-0.1, -0.05) is 44.0 Å². The highest BCUT2D eigenvalue weighted by Gasteiger charge is 2.20. The summed E-state index contributed by atoms with van der Waals surface area (Å²) in [4.78, 5) is 3.89. The molecule has 0 atom stereocenters. The third-order valence-electron chi connectivity index (χ3n) is 1.60. The van der Waals surface area contributed by atoms with E-state index >= 15 is 0 Å². The summed E-state index contributed by atoms with van der Waals surface area (Å²) in [6, 6.07) is 0. The Morgan fingerprint density at radius 2 is 1.50 bits per heavy atom. The van der Waals surface area contributed by atoms with Gasteiger partial charge in [0.15, 0.2) is 0 Å². The largest absolute Gasteiger partial charge is 0.262 e. The summed E-state index contributed by atoms with van der Waals surface area (Å²) >= 11 is 11.9. The van der Waals surface area contributed by atoms with Crippen molar-refractivity contribution in [3.63, 3.8) is 0 Å².